The first-order chi connectivity index (χ1) is 9.71. The van der Waals surface area contributed by atoms with Crippen LogP contribution in [0.2, 0.25) is 0 Å². The van der Waals surface area contributed by atoms with Gasteiger partial charge in [0.25, 0.3) is 0 Å². The smallest absolute Gasteiger partial charge is 0.0222 e. The van der Waals surface area contributed by atoms with E-state index >= 15 is 0 Å². The fraction of sp³-hybridized carbons (Fsp3) is 1.00. The van der Waals surface area contributed by atoms with Crippen LogP contribution >= 0.6 is 11.8 Å². The second kappa shape index (κ2) is 8.05. The summed E-state index contributed by atoms with van der Waals surface area (Å²) in [5.41, 5.74) is 0. The molecule has 2 rings (SSSR count). The van der Waals surface area contributed by atoms with Crippen LogP contribution in [0.4, 0.5) is 0 Å². The first-order valence-corrected chi connectivity index (χ1v) is 9.86. The van der Waals surface area contributed by atoms with E-state index in [1.54, 1.807) is 0 Å². The van der Waals surface area contributed by atoms with Crippen LogP contribution in [0.25, 0.3) is 0 Å². The van der Waals surface area contributed by atoms with E-state index in [1.165, 1.54) is 50.9 Å². The molecule has 0 amide bonds. The Morgan fingerprint density at radius 3 is 2.70 bits per heavy atom. The lowest BCUT2D eigenvalue weighted by Crippen LogP contribution is -2.61. The fourth-order valence-electron chi connectivity index (χ4n) is 3.99. The van der Waals surface area contributed by atoms with Gasteiger partial charge in [-0.15, -0.1) is 0 Å². The van der Waals surface area contributed by atoms with Gasteiger partial charge in [0.1, 0.15) is 0 Å². The summed E-state index contributed by atoms with van der Waals surface area (Å²) in [5, 5.41) is 4.72. The van der Waals surface area contributed by atoms with E-state index in [9.17, 15) is 0 Å². The minimum atomic E-state index is 0.704. The molecular formula is C17H34N2S. The van der Waals surface area contributed by atoms with Crippen molar-refractivity contribution < 1.29 is 0 Å². The molecule has 0 bridgehead atoms. The molecular weight excluding hydrogens is 264 g/mol. The zero-order valence-corrected chi connectivity index (χ0v) is 14.7. The summed E-state index contributed by atoms with van der Waals surface area (Å²) in [5.74, 6) is 2.08. The van der Waals surface area contributed by atoms with Crippen LogP contribution in [-0.4, -0.2) is 47.1 Å². The van der Waals surface area contributed by atoms with Gasteiger partial charge >= 0.3 is 0 Å². The number of hydrogen-bond donors (Lipinski definition) is 1. The standard InChI is InChI=1S/C17H34N2S/c1-5-13(4)15-12-19(14(6-2)11-18-15)16-9-8-10-17(16)20-7-3/h13-18H,5-12H2,1-4H3. The molecule has 3 heteroatoms. The van der Waals surface area contributed by atoms with Crippen molar-refractivity contribution in [2.75, 3.05) is 18.8 Å². The van der Waals surface area contributed by atoms with Crippen LogP contribution < -0.4 is 5.32 Å². The largest absolute Gasteiger partial charge is 0.311 e. The number of rotatable bonds is 6. The molecule has 0 aromatic heterocycles. The van der Waals surface area contributed by atoms with E-state index in [0.29, 0.717) is 6.04 Å². The van der Waals surface area contributed by atoms with E-state index in [2.05, 4.69) is 49.7 Å². The molecule has 1 aliphatic carbocycles. The molecule has 1 aliphatic heterocycles. The summed E-state index contributed by atoms with van der Waals surface area (Å²) in [7, 11) is 0. The Morgan fingerprint density at radius 1 is 1.25 bits per heavy atom. The monoisotopic (exact) mass is 298 g/mol. The third-order valence-corrected chi connectivity index (χ3v) is 6.83. The third kappa shape index (κ3) is 3.72. The SMILES string of the molecule is CCSC1CCCC1N1CC(C(C)CC)NCC1CC. The predicted octanol–water partition coefficient (Wildman–Crippen LogP) is 3.76. The normalized spacial score (nSPS) is 37.2. The van der Waals surface area contributed by atoms with Crippen molar-refractivity contribution in [1.82, 2.24) is 10.2 Å². The van der Waals surface area contributed by atoms with Crippen LogP contribution in [0.1, 0.15) is 59.8 Å². The van der Waals surface area contributed by atoms with E-state index in [1.807, 2.05) is 0 Å². The van der Waals surface area contributed by atoms with Crippen LogP contribution in [0.5, 0.6) is 0 Å². The maximum Gasteiger partial charge on any atom is 0.0222 e. The molecule has 2 aliphatic rings. The summed E-state index contributed by atoms with van der Waals surface area (Å²) in [4.78, 5) is 2.90. The van der Waals surface area contributed by atoms with Gasteiger partial charge in [-0.3, -0.25) is 4.90 Å². The van der Waals surface area contributed by atoms with Crippen molar-refractivity contribution in [1.29, 1.82) is 0 Å². The van der Waals surface area contributed by atoms with Gasteiger partial charge in [0, 0.05) is 36.5 Å². The van der Waals surface area contributed by atoms with Crippen LogP contribution in [0.15, 0.2) is 0 Å². The predicted molar refractivity (Wildman–Crippen MR) is 91.6 cm³/mol. The van der Waals surface area contributed by atoms with E-state index < -0.39 is 0 Å². The first-order valence-electron chi connectivity index (χ1n) is 8.81. The highest BCUT2D eigenvalue weighted by Gasteiger charge is 2.38. The van der Waals surface area contributed by atoms with E-state index in [-0.39, 0.29) is 0 Å². The highest BCUT2D eigenvalue weighted by atomic mass is 32.2. The quantitative estimate of drug-likeness (QED) is 0.804. The topological polar surface area (TPSA) is 15.3 Å². The number of nitrogens with zero attached hydrogens (tertiary/aromatic N) is 1. The molecule has 1 N–H and O–H groups in total. The van der Waals surface area contributed by atoms with Gasteiger partial charge in [-0.05, 0) is 30.9 Å². The zero-order valence-electron chi connectivity index (χ0n) is 13.9. The summed E-state index contributed by atoms with van der Waals surface area (Å²) in [6, 6.07) is 2.31. The highest BCUT2D eigenvalue weighted by Crippen LogP contribution is 2.35. The average molecular weight is 299 g/mol. The molecule has 1 saturated carbocycles. The maximum atomic E-state index is 3.82. The number of nitrogens with one attached hydrogen (secondary N) is 1. The molecule has 118 valence electrons. The minimum absolute atomic E-state index is 0.704. The highest BCUT2D eigenvalue weighted by molar-refractivity contribution is 7.99. The Kier molecular flexibility index (Phi) is 6.70. The second-order valence-corrected chi connectivity index (χ2v) is 8.17. The van der Waals surface area contributed by atoms with Crippen molar-refractivity contribution >= 4 is 11.8 Å². The van der Waals surface area contributed by atoms with Gasteiger partial charge in [0.05, 0.1) is 0 Å². The van der Waals surface area contributed by atoms with E-state index in [0.717, 1.165) is 23.3 Å². The number of piperazine rings is 1. The van der Waals surface area contributed by atoms with Gasteiger partial charge in [0.2, 0.25) is 0 Å². The van der Waals surface area contributed by atoms with Crippen LogP contribution in [0.3, 0.4) is 0 Å². The molecule has 2 nitrogen and oxygen atoms in total. The Morgan fingerprint density at radius 2 is 2.05 bits per heavy atom. The zero-order chi connectivity index (χ0) is 14.5. The molecule has 1 saturated heterocycles. The van der Waals surface area contributed by atoms with Crippen molar-refractivity contribution in [3.8, 4) is 0 Å². The molecule has 2 fully saturated rings. The third-order valence-electron chi connectivity index (χ3n) is 5.52. The molecule has 0 aromatic carbocycles. The second-order valence-electron chi connectivity index (χ2n) is 6.65. The Labute approximate surface area is 130 Å². The summed E-state index contributed by atoms with van der Waals surface area (Å²) < 4.78 is 0. The van der Waals surface area contributed by atoms with Gasteiger partial charge in [-0.25, -0.2) is 0 Å². The maximum absolute atomic E-state index is 3.82. The lowest BCUT2D eigenvalue weighted by molar-refractivity contribution is 0.0682. The summed E-state index contributed by atoms with van der Waals surface area (Å²) in [6.07, 6.45) is 6.90. The molecule has 0 radical (unpaired) electrons. The van der Waals surface area contributed by atoms with Crippen LogP contribution in [0, 0.1) is 5.92 Å². The number of thioether (sulfide) groups is 1. The molecule has 5 unspecified atom stereocenters. The Balaban J connectivity index is 2.04. The van der Waals surface area contributed by atoms with Crippen molar-refractivity contribution in [3.63, 3.8) is 0 Å². The number of hydrogen-bond acceptors (Lipinski definition) is 3. The summed E-state index contributed by atoms with van der Waals surface area (Å²) >= 11 is 2.21. The van der Waals surface area contributed by atoms with Crippen molar-refractivity contribution in [3.05, 3.63) is 0 Å². The molecule has 0 aromatic rings. The summed E-state index contributed by atoms with van der Waals surface area (Å²) in [6.45, 7) is 11.9. The lowest BCUT2D eigenvalue weighted by Gasteiger charge is -2.46. The Bertz CT molecular complexity index is 284. The Hall–Kier alpha value is 0.270. The van der Waals surface area contributed by atoms with Gasteiger partial charge in [-0.1, -0.05) is 40.5 Å². The molecule has 20 heavy (non-hydrogen) atoms. The fourth-order valence-corrected chi connectivity index (χ4v) is 5.27. The average Bonchev–Trinajstić information content (AvgIpc) is 2.94. The van der Waals surface area contributed by atoms with Gasteiger partial charge in [0.15, 0.2) is 0 Å². The first kappa shape index (κ1) is 16.6. The van der Waals surface area contributed by atoms with Gasteiger partial charge in [-0.2, -0.15) is 11.8 Å². The van der Waals surface area contributed by atoms with Crippen molar-refractivity contribution in [2.24, 2.45) is 5.92 Å². The molecule has 5 atom stereocenters. The lowest BCUT2D eigenvalue weighted by atomic mass is 9.93. The molecule has 0 spiro atoms. The van der Waals surface area contributed by atoms with E-state index in [4.69, 9.17) is 0 Å². The van der Waals surface area contributed by atoms with Crippen molar-refractivity contribution in [2.45, 2.75) is 83.2 Å². The minimum Gasteiger partial charge on any atom is -0.311 e. The van der Waals surface area contributed by atoms with Crippen LogP contribution in [-0.2, 0) is 0 Å². The molecule has 1 heterocycles. The van der Waals surface area contributed by atoms with Gasteiger partial charge < -0.3 is 5.32 Å².